The zero-order valence-electron chi connectivity index (χ0n) is 8.52. The first-order chi connectivity index (χ1) is 8.15. The van der Waals surface area contributed by atoms with Gasteiger partial charge in [-0.25, -0.2) is 0 Å². The fraction of sp³-hybridized carbons (Fsp3) is 0. The maximum atomic E-state index is 11.8. The Hall–Kier alpha value is -1.21. The molecule has 1 amide bonds. The number of rotatable bonds is 2. The molecule has 1 N–H and O–H groups in total. The van der Waals surface area contributed by atoms with E-state index in [0.717, 1.165) is 3.57 Å². The SMILES string of the molecule is O=C(Nc1ccc(Cl)nn1)c1cccc(I)c1. The molecule has 2 aromatic rings. The quantitative estimate of drug-likeness (QED) is 0.839. The maximum absolute atomic E-state index is 11.8. The van der Waals surface area contributed by atoms with Crippen LogP contribution in [0.25, 0.3) is 0 Å². The highest BCUT2D eigenvalue weighted by Gasteiger charge is 2.07. The number of carbonyl (C=O) groups is 1. The largest absolute Gasteiger partial charge is 0.305 e. The van der Waals surface area contributed by atoms with Crippen LogP contribution in [-0.2, 0) is 0 Å². The predicted octanol–water partition coefficient (Wildman–Crippen LogP) is 2.99. The molecule has 0 aliphatic carbocycles. The number of hydrogen-bond donors (Lipinski definition) is 1. The van der Waals surface area contributed by atoms with Crippen molar-refractivity contribution in [2.75, 3.05) is 5.32 Å². The van der Waals surface area contributed by atoms with Crippen LogP contribution in [0.4, 0.5) is 5.82 Å². The standard InChI is InChI=1S/C11H7ClIN3O/c12-9-4-5-10(16-15-9)14-11(17)7-2-1-3-8(13)6-7/h1-6H,(H,14,16,17). The Morgan fingerprint density at radius 1 is 1.24 bits per heavy atom. The lowest BCUT2D eigenvalue weighted by atomic mass is 10.2. The van der Waals surface area contributed by atoms with Gasteiger partial charge in [0.05, 0.1) is 0 Å². The molecular formula is C11H7ClIN3O. The molecule has 17 heavy (non-hydrogen) atoms. The first-order valence-corrected chi connectivity index (χ1v) is 6.17. The second kappa shape index (κ2) is 5.42. The third-order valence-electron chi connectivity index (χ3n) is 1.96. The van der Waals surface area contributed by atoms with Gasteiger partial charge in [0.25, 0.3) is 5.91 Å². The van der Waals surface area contributed by atoms with E-state index in [1.807, 2.05) is 12.1 Å². The van der Waals surface area contributed by atoms with E-state index >= 15 is 0 Å². The van der Waals surface area contributed by atoms with Gasteiger partial charge in [0.1, 0.15) is 0 Å². The molecule has 0 bridgehead atoms. The van der Waals surface area contributed by atoms with Crippen LogP contribution in [0.5, 0.6) is 0 Å². The van der Waals surface area contributed by atoms with E-state index in [1.165, 1.54) is 0 Å². The van der Waals surface area contributed by atoms with Crippen LogP contribution in [0.2, 0.25) is 5.15 Å². The average molecular weight is 360 g/mol. The van der Waals surface area contributed by atoms with Gasteiger partial charge in [-0.3, -0.25) is 4.79 Å². The van der Waals surface area contributed by atoms with Crippen molar-refractivity contribution in [3.05, 3.63) is 50.7 Å². The molecule has 1 aromatic heterocycles. The molecule has 4 nitrogen and oxygen atoms in total. The van der Waals surface area contributed by atoms with Crippen LogP contribution >= 0.6 is 34.2 Å². The molecule has 0 saturated carbocycles. The topological polar surface area (TPSA) is 54.9 Å². The second-order valence-electron chi connectivity index (χ2n) is 3.21. The van der Waals surface area contributed by atoms with Crippen molar-refractivity contribution in [3.63, 3.8) is 0 Å². The molecule has 0 spiro atoms. The Labute approximate surface area is 117 Å². The summed E-state index contributed by atoms with van der Waals surface area (Å²) in [6.45, 7) is 0. The van der Waals surface area contributed by atoms with Gasteiger partial charge in [-0.1, -0.05) is 17.7 Å². The number of amides is 1. The minimum Gasteiger partial charge on any atom is -0.305 e. The van der Waals surface area contributed by atoms with Crippen LogP contribution in [-0.4, -0.2) is 16.1 Å². The zero-order valence-corrected chi connectivity index (χ0v) is 11.4. The molecule has 0 unspecified atom stereocenters. The number of halogens is 2. The fourth-order valence-electron chi connectivity index (χ4n) is 1.20. The molecule has 0 atom stereocenters. The maximum Gasteiger partial charge on any atom is 0.256 e. The van der Waals surface area contributed by atoms with E-state index in [-0.39, 0.29) is 11.1 Å². The van der Waals surface area contributed by atoms with Gasteiger partial charge in [0.2, 0.25) is 0 Å². The van der Waals surface area contributed by atoms with E-state index in [1.54, 1.807) is 24.3 Å². The summed E-state index contributed by atoms with van der Waals surface area (Å²) in [5.41, 5.74) is 0.577. The van der Waals surface area contributed by atoms with Crippen LogP contribution < -0.4 is 5.32 Å². The van der Waals surface area contributed by atoms with Crippen molar-refractivity contribution < 1.29 is 4.79 Å². The molecule has 0 aliphatic heterocycles. The average Bonchev–Trinajstić information content (AvgIpc) is 2.32. The summed E-state index contributed by atoms with van der Waals surface area (Å²) >= 11 is 7.75. The highest BCUT2D eigenvalue weighted by molar-refractivity contribution is 14.1. The summed E-state index contributed by atoms with van der Waals surface area (Å²) in [7, 11) is 0. The van der Waals surface area contributed by atoms with E-state index in [2.05, 4.69) is 38.1 Å². The van der Waals surface area contributed by atoms with Crippen LogP contribution in [0.1, 0.15) is 10.4 Å². The number of nitrogens with zero attached hydrogens (tertiary/aromatic N) is 2. The van der Waals surface area contributed by atoms with Crippen molar-refractivity contribution in [2.24, 2.45) is 0 Å². The summed E-state index contributed by atoms with van der Waals surface area (Å²) in [6, 6.07) is 10.4. The summed E-state index contributed by atoms with van der Waals surface area (Å²) in [5.74, 6) is 0.151. The van der Waals surface area contributed by atoms with Gasteiger partial charge in [0.15, 0.2) is 11.0 Å². The van der Waals surface area contributed by atoms with Crippen molar-refractivity contribution in [1.82, 2.24) is 10.2 Å². The Morgan fingerprint density at radius 3 is 2.71 bits per heavy atom. The van der Waals surface area contributed by atoms with Crippen molar-refractivity contribution in [2.45, 2.75) is 0 Å². The number of aromatic nitrogens is 2. The third-order valence-corrected chi connectivity index (χ3v) is 2.83. The normalized spacial score (nSPS) is 10.0. The monoisotopic (exact) mass is 359 g/mol. The molecule has 86 valence electrons. The predicted molar refractivity (Wildman–Crippen MR) is 74.2 cm³/mol. The molecule has 1 heterocycles. The van der Waals surface area contributed by atoms with Gasteiger partial charge in [-0.05, 0) is 52.9 Å². The number of hydrogen-bond acceptors (Lipinski definition) is 3. The van der Waals surface area contributed by atoms with E-state index < -0.39 is 0 Å². The van der Waals surface area contributed by atoms with Crippen molar-refractivity contribution >= 4 is 45.9 Å². The van der Waals surface area contributed by atoms with Crippen LogP contribution in [0.15, 0.2) is 36.4 Å². The van der Waals surface area contributed by atoms with Gasteiger partial charge in [-0.2, -0.15) is 0 Å². The van der Waals surface area contributed by atoms with E-state index in [9.17, 15) is 4.79 Å². The molecule has 1 aromatic carbocycles. The lowest BCUT2D eigenvalue weighted by molar-refractivity contribution is 0.102. The molecule has 2 rings (SSSR count). The number of carbonyl (C=O) groups excluding carboxylic acids is 1. The first-order valence-electron chi connectivity index (χ1n) is 4.71. The minimum atomic E-state index is -0.222. The smallest absolute Gasteiger partial charge is 0.256 e. The fourth-order valence-corrected chi connectivity index (χ4v) is 1.84. The van der Waals surface area contributed by atoms with Gasteiger partial charge in [-0.15, -0.1) is 10.2 Å². The molecule has 0 aliphatic rings. The Morgan fingerprint density at radius 2 is 2.06 bits per heavy atom. The molecular weight excluding hydrogens is 352 g/mol. The zero-order chi connectivity index (χ0) is 12.3. The number of benzene rings is 1. The van der Waals surface area contributed by atoms with Crippen molar-refractivity contribution in [1.29, 1.82) is 0 Å². The summed E-state index contributed by atoms with van der Waals surface area (Å²) in [4.78, 5) is 11.8. The molecule has 0 fully saturated rings. The Bertz CT molecular complexity index is 545. The van der Waals surface area contributed by atoms with E-state index in [0.29, 0.717) is 11.4 Å². The molecule has 0 saturated heterocycles. The molecule has 0 radical (unpaired) electrons. The molecule has 6 heteroatoms. The first kappa shape index (κ1) is 12.3. The van der Waals surface area contributed by atoms with Gasteiger partial charge >= 0.3 is 0 Å². The Kier molecular flexibility index (Phi) is 3.90. The summed E-state index contributed by atoms with van der Waals surface area (Å²) < 4.78 is 0.998. The van der Waals surface area contributed by atoms with Gasteiger partial charge in [0, 0.05) is 9.13 Å². The van der Waals surface area contributed by atoms with Crippen molar-refractivity contribution in [3.8, 4) is 0 Å². The van der Waals surface area contributed by atoms with Gasteiger partial charge < -0.3 is 5.32 Å². The lowest BCUT2D eigenvalue weighted by Gasteiger charge is -2.03. The summed E-state index contributed by atoms with van der Waals surface area (Å²) in [6.07, 6.45) is 0. The van der Waals surface area contributed by atoms with E-state index in [4.69, 9.17) is 11.6 Å². The Balaban J connectivity index is 2.14. The highest BCUT2D eigenvalue weighted by atomic mass is 127. The second-order valence-corrected chi connectivity index (χ2v) is 4.84. The highest BCUT2D eigenvalue weighted by Crippen LogP contribution is 2.11. The third kappa shape index (κ3) is 3.37. The van der Waals surface area contributed by atoms with Crippen LogP contribution in [0, 0.1) is 3.57 Å². The van der Waals surface area contributed by atoms with Crippen LogP contribution in [0.3, 0.4) is 0 Å². The minimum absolute atomic E-state index is 0.222. The lowest BCUT2D eigenvalue weighted by Crippen LogP contribution is -2.13. The number of nitrogens with one attached hydrogen (secondary N) is 1. The summed E-state index contributed by atoms with van der Waals surface area (Å²) in [5, 5.41) is 10.3. The number of anilines is 1.